The summed E-state index contributed by atoms with van der Waals surface area (Å²) in [7, 11) is 0. The topological polar surface area (TPSA) is 24.4 Å². The fourth-order valence-corrected chi connectivity index (χ4v) is 2.02. The molecule has 1 aliphatic heterocycles. The smallest absolute Gasteiger partial charge is 0.0965 e. The Morgan fingerprint density at radius 2 is 2.06 bits per heavy atom. The maximum atomic E-state index is 4.57. The molecule has 0 radical (unpaired) electrons. The van der Waals surface area contributed by atoms with Crippen LogP contribution in [-0.4, -0.2) is 12.4 Å². The summed E-state index contributed by atoms with van der Waals surface area (Å²) in [6, 6.07) is 8.52. The molecule has 1 aromatic carbocycles. The first-order chi connectivity index (χ1) is 7.86. The van der Waals surface area contributed by atoms with Crippen molar-refractivity contribution in [2.45, 2.75) is 39.2 Å². The van der Waals surface area contributed by atoms with Gasteiger partial charge in [-0.2, -0.15) is 0 Å². The molecule has 86 valence electrons. The fourth-order valence-electron chi connectivity index (χ4n) is 2.02. The van der Waals surface area contributed by atoms with Crippen molar-refractivity contribution < 1.29 is 0 Å². The molecule has 0 amide bonds. The summed E-state index contributed by atoms with van der Waals surface area (Å²) in [4.78, 5) is 4.57. The molecule has 1 heterocycles. The van der Waals surface area contributed by atoms with E-state index in [1.54, 1.807) is 0 Å². The highest BCUT2D eigenvalue weighted by atomic mass is 15.0. The van der Waals surface area contributed by atoms with Gasteiger partial charge in [0.2, 0.25) is 0 Å². The van der Waals surface area contributed by atoms with Crippen LogP contribution < -0.4 is 5.32 Å². The third-order valence-corrected chi connectivity index (χ3v) is 3.12. The number of hydrogen-bond donors (Lipinski definition) is 1. The third kappa shape index (κ3) is 3.09. The van der Waals surface area contributed by atoms with Gasteiger partial charge in [-0.15, -0.1) is 0 Å². The molecule has 0 aliphatic carbocycles. The van der Waals surface area contributed by atoms with Crippen molar-refractivity contribution in [2.24, 2.45) is 4.99 Å². The van der Waals surface area contributed by atoms with E-state index in [1.165, 1.54) is 36.2 Å². The van der Waals surface area contributed by atoms with Crippen molar-refractivity contribution in [1.29, 1.82) is 0 Å². The van der Waals surface area contributed by atoms with Gasteiger partial charge in [-0.25, -0.2) is 0 Å². The number of rotatable bonds is 2. The molecule has 0 saturated heterocycles. The highest BCUT2D eigenvalue weighted by Gasteiger charge is 2.04. The van der Waals surface area contributed by atoms with E-state index in [-0.39, 0.29) is 0 Å². The third-order valence-electron chi connectivity index (χ3n) is 3.12. The Balaban J connectivity index is 1.91. The van der Waals surface area contributed by atoms with Gasteiger partial charge in [0.15, 0.2) is 0 Å². The Morgan fingerprint density at radius 1 is 1.19 bits per heavy atom. The molecule has 0 bridgehead atoms. The first-order valence-corrected chi connectivity index (χ1v) is 6.18. The van der Waals surface area contributed by atoms with E-state index in [2.05, 4.69) is 41.5 Å². The predicted molar refractivity (Wildman–Crippen MR) is 68.8 cm³/mol. The van der Waals surface area contributed by atoms with Gasteiger partial charge in [0, 0.05) is 19.5 Å². The zero-order valence-corrected chi connectivity index (χ0v) is 10.00. The van der Waals surface area contributed by atoms with Crippen LogP contribution in [0.5, 0.6) is 0 Å². The summed E-state index contributed by atoms with van der Waals surface area (Å²) in [5, 5.41) is 3.47. The van der Waals surface area contributed by atoms with Crippen molar-refractivity contribution in [3.63, 3.8) is 0 Å². The minimum atomic E-state index is 0.908. The van der Waals surface area contributed by atoms with E-state index >= 15 is 0 Å². The predicted octanol–water partition coefficient (Wildman–Crippen LogP) is 3.06. The molecule has 2 rings (SSSR count). The molecule has 0 spiro atoms. The van der Waals surface area contributed by atoms with Crippen molar-refractivity contribution in [3.8, 4) is 0 Å². The normalized spacial score (nSPS) is 16.4. The van der Waals surface area contributed by atoms with Crippen LogP contribution in [0.15, 0.2) is 29.3 Å². The minimum Gasteiger partial charge on any atom is -0.370 e. The van der Waals surface area contributed by atoms with E-state index in [0.717, 1.165) is 19.5 Å². The molecule has 0 aromatic heterocycles. The summed E-state index contributed by atoms with van der Waals surface area (Å²) < 4.78 is 0. The van der Waals surface area contributed by atoms with E-state index < -0.39 is 0 Å². The van der Waals surface area contributed by atoms with Crippen LogP contribution in [0.4, 0.5) is 0 Å². The molecule has 1 N–H and O–H groups in total. The minimum absolute atomic E-state index is 0.908. The highest BCUT2D eigenvalue weighted by Crippen LogP contribution is 2.09. The second kappa shape index (κ2) is 5.69. The average Bonchev–Trinajstić information content (AvgIpc) is 2.56. The van der Waals surface area contributed by atoms with Gasteiger partial charge in [-0.1, -0.05) is 30.7 Å². The SMILES string of the molecule is Cc1ccccc1CNC1=NCCCCC1. The summed E-state index contributed by atoms with van der Waals surface area (Å²) in [6.07, 6.45) is 4.96. The number of nitrogens with one attached hydrogen (secondary N) is 1. The maximum Gasteiger partial charge on any atom is 0.0965 e. The average molecular weight is 216 g/mol. The number of hydrogen-bond acceptors (Lipinski definition) is 2. The van der Waals surface area contributed by atoms with Gasteiger partial charge < -0.3 is 5.32 Å². The number of aliphatic imine (C=N–C) groups is 1. The van der Waals surface area contributed by atoms with Crippen LogP contribution in [0, 0.1) is 6.92 Å². The molecule has 1 aliphatic rings. The summed E-state index contributed by atoms with van der Waals surface area (Å²) in [5.74, 6) is 1.20. The lowest BCUT2D eigenvalue weighted by Crippen LogP contribution is -2.23. The van der Waals surface area contributed by atoms with E-state index in [9.17, 15) is 0 Å². The summed E-state index contributed by atoms with van der Waals surface area (Å²) in [5.41, 5.74) is 2.72. The van der Waals surface area contributed by atoms with Crippen molar-refractivity contribution in [1.82, 2.24) is 5.32 Å². The molecule has 0 fully saturated rings. The first-order valence-electron chi connectivity index (χ1n) is 6.18. The molecule has 16 heavy (non-hydrogen) atoms. The van der Waals surface area contributed by atoms with Gasteiger partial charge in [0.25, 0.3) is 0 Å². The second-order valence-electron chi connectivity index (χ2n) is 4.42. The van der Waals surface area contributed by atoms with Crippen LogP contribution in [0.1, 0.15) is 36.8 Å². The fraction of sp³-hybridized carbons (Fsp3) is 0.500. The molecule has 0 unspecified atom stereocenters. The van der Waals surface area contributed by atoms with Gasteiger partial charge >= 0.3 is 0 Å². The number of amidine groups is 1. The molecular weight excluding hydrogens is 196 g/mol. The van der Waals surface area contributed by atoms with Crippen molar-refractivity contribution in [3.05, 3.63) is 35.4 Å². The number of nitrogens with zero attached hydrogens (tertiary/aromatic N) is 1. The standard InChI is InChI=1S/C14H20N2/c1-12-7-4-5-8-13(12)11-16-14-9-3-2-6-10-15-14/h4-5,7-8H,2-3,6,9-11H2,1H3,(H,15,16). The molecule has 1 aromatic rings. The van der Waals surface area contributed by atoms with Gasteiger partial charge in [-0.05, 0) is 30.9 Å². The van der Waals surface area contributed by atoms with Crippen molar-refractivity contribution >= 4 is 5.84 Å². The number of aryl methyl sites for hydroxylation is 1. The molecule has 2 nitrogen and oxygen atoms in total. The Labute approximate surface area is 97.8 Å². The number of benzene rings is 1. The van der Waals surface area contributed by atoms with Gasteiger partial charge in [0.1, 0.15) is 0 Å². The Hall–Kier alpha value is -1.31. The summed E-state index contributed by atoms with van der Waals surface area (Å²) >= 11 is 0. The van der Waals surface area contributed by atoms with Gasteiger partial charge in [0.05, 0.1) is 5.84 Å². The van der Waals surface area contributed by atoms with E-state index in [1.807, 2.05) is 0 Å². The lowest BCUT2D eigenvalue weighted by molar-refractivity contribution is 0.728. The monoisotopic (exact) mass is 216 g/mol. The van der Waals surface area contributed by atoms with Crippen LogP contribution in [0.25, 0.3) is 0 Å². The van der Waals surface area contributed by atoms with Crippen LogP contribution >= 0.6 is 0 Å². The molecule has 2 heteroatoms. The van der Waals surface area contributed by atoms with Gasteiger partial charge in [-0.3, -0.25) is 4.99 Å². The molecule has 0 saturated carbocycles. The first kappa shape index (κ1) is 11.2. The quantitative estimate of drug-likeness (QED) is 0.807. The Morgan fingerprint density at radius 3 is 2.94 bits per heavy atom. The zero-order chi connectivity index (χ0) is 11.2. The Kier molecular flexibility index (Phi) is 3.97. The highest BCUT2D eigenvalue weighted by molar-refractivity contribution is 5.82. The largest absolute Gasteiger partial charge is 0.370 e. The molecule has 0 atom stereocenters. The zero-order valence-electron chi connectivity index (χ0n) is 10.00. The van der Waals surface area contributed by atoms with E-state index in [0.29, 0.717) is 0 Å². The Bertz CT molecular complexity index is 369. The molecular formula is C14H20N2. The summed E-state index contributed by atoms with van der Waals surface area (Å²) in [6.45, 7) is 4.06. The van der Waals surface area contributed by atoms with Crippen molar-refractivity contribution in [2.75, 3.05) is 6.54 Å². The van der Waals surface area contributed by atoms with Crippen LogP contribution in [0.2, 0.25) is 0 Å². The van der Waals surface area contributed by atoms with Crippen LogP contribution in [0.3, 0.4) is 0 Å². The van der Waals surface area contributed by atoms with Crippen LogP contribution in [-0.2, 0) is 6.54 Å². The lowest BCUT2D eigenvalue weighted by atomic mass is 10.1. The van der Waals surface area contributed by atoms with E-state index in [4.69, 9.17) is 0 Å². The second-order valence-corrected chi connectivity index (χ2v) is 4.42. The maximum absolute atomic E-state index is 4.57. The lowest BCUT2D eigenvalue weighted by Gasteiger charge is -2.10.